The first-order valence-corrected chi connectivity index (χ1v) is 9.02. The molecule has 0 saturated heterocycles. The molecule has 0 atom stereocenters. The van der Waals surface area contributed by atoms with Crippen molar-refractivity contribution in [2.24, 2.45) is 5.92 Å². The third-order valence-corrected chi connectivity index (χ3v) is 4.26. The molecule has 6 heteroatoms. The van der Waals surface area contributed by atoms with Crippen LogP contribution in [0.1, 0.15) is 41.5 Å². The first kappa shape index (κ1) is 18.8. The van der Waals surface area contributed by atoms with Crippen molar-refractivity contribution in [1.82, 2.24) is 20.0 Å². The number of aryl methyl sites for hydroxylation is 1. The summed E-state index contributed by atoms with van der Waals surface area (Å²) in [7, 11) is 1.74. The Labute approximate surface area is 159 Å². The average molecular weight is 364 g/mol. The Hall–Kier alpha value is -3.02. The molecule has 0 aliphatic carbocycles. The largest absolute Gasteiger partial charge is 0.339 e. The molecule has 0 aliphatic rings. The minimum atomic E-state index is -0.0845. The highest BCUT2D eigenvalue weighted by Gasteiger charge is 2.16. The van der Waals surface area contributed by atoms with Gasteiger partial charge < -0.3 is 9.42 Å². The van der Waals surface area contributed by atoms with Crippen LogP contribution < -0.4 is 0 Å². The Kier molecular flexibility index (Phi) is 5.64. The Morgan fingerprint density at radius 3 is 2.81 bits per heavy atom. The van der Waals surface area contributed by atoms with E-state index in [0.29, 0.717) is 29.7 Å². The number of hydrogen-bond acceptors (Lipinski definition) is 5. The van der Waals surface area contributed by atoms with Crippen molar-refractivity contribution in [2.75, 3.05) is 7.05 Å². The number of aromatic nitrogens is 3. The predicted molar refractivity (Wildman–Crippen MR) is 103 cm³/mol. The highest BCUT2D eigenvalue weighted by Crippen LogP contribution is 2.23. The number of nitrogens with zero attached hydrogens (tertiary/aromatic N) is 4. The molecular weight excluding hydrogens is 340 g/mol. The number of carbonyl (C=O) groups is 1. The van der Waals surface area contributed by atoms with Gasteiger partial charge in [-0.05, 0) is 47.7 Å². The van der Waals surface area contributed by atoms with E-state index in [1.165, 1.54) is 0 Å². The molecule has 2 heterocycles. The lowest BCUT2D eigenvalue weighted by molar-refractivity contribution is 0.0780. The van der Waals surface area contributed by atoms with E-state index in [4.69, 9.17) is 4.52 Å². The van der Waals surface area contributed by atoms with Crippen LogP contribution in [-0.4, -0.2) is 33.0 Å². The highest BCUT2D eigenvalue weighted by molar-refractivity contribution is 5.95. The fourth-order valence-corrected chi connectivity index (χ4v) is 2.91. The van der Waals surface area contributed by atoms with Crippen molar-refractivity contribution in [3.63, 3.8) is 0 Å². The summed E-state index contributed by atoms with van der Waals surface area (Å²) in [6.07, 6.45) is 4.31. The fraction of sp³-hybridized carbons (Fsp3) is 0.333. The number of benzene rings is 1. The van der Waals surface area contributed by atoms with Gasteiger partial charge in [0.25, 0.3) is 5.91 Å². The smallest absolute Gasteiger partial charge is 0.254 e. The first-order chi connectivity index (χ1) is 12.9. The van der Waals surface area contributed by atoms with Crippen LogP contribution in [0.4, 0.5) is 0 Å². The molecule has 1 amide bonds. The van der Waals surface area contributed by atoms with Gasteiger partial charge in [0.05, 0.1) is 6.54 Å². The van der Waals surface area contributed by atoms with Crippen LogP contribution in [0.15, 0.2) is 47.2 Å². The van der Waals surface area contributed by atoms with Gasteiger partial charge in [0, 0.05) is 31.4 Å². The molecule has 6 nitrogen and oxygen atoms in total. The second-order valence-electron chi connectivity index (χ2n) is 7.13. The van der Waals surface area contributed by atoms with E-state index >= 15 is 0 Å². The summed E-state index contributed by atoms with van der Waals surface area (Å²) in [4.78, 5) is 22.9. The fourth-order valence-electron chi connectivity index (χ4n) is 2.91. The molecule has 0 radical (unpaired) electrons. The zero-order valence-corrected chi connectivity index (χ0v) is 16.1. The first-order valence-electron chi connectivity index (χ1n) is 9.02. The minimum Gasteiger partial charge on any atom is -0.339 e. The molecule has 2 aromatic heterocycles. The molecule has 0 unspecified atom stereocenters. The lowest BCUT2D eigenvalue weighted by Gasteiger charge is -2.16. The lowest BCUT2D eigenvalue weighted by atomic mass is 10.0. The van der Waals surface area contributed by atoms with Gasteiger partial charge in [0.2, 0.25) is 5.89 Å². The van der Waals surface area contributed by atoms with Crippen molar-refractivity contribution in [3.05, 3.63) is 65.6 Å². The predicted octanol–water partition coefficient (Wildman–Crippen LogP) is 3.91. The maximum Gasteiger partial charge on any atom is 0.254 e. The van der Waals surface area contributed by atoms with Gasteiger partial charge >= 0.3 is 0 Å². The van der Waals surface area contributed by atoms with Crippen molar-refractivity contribution in [2.45, 2.75) is 33.7 Å². The Balaban J connectivity index is 1.74. The number of rotatable bonds is 6. The van der Waals surface area contributed by atoms with E-state index in [9.17, 15) is 4.79 Å². The van der Waals surface area contributed by atoms with Crippen LogP contribution in [0.5, 0.6) is 0 Å². The summed E-state index contributed by atoms with van der Waals surface area (Å²) >= 11 is 0. The number of hydrogen-bond donors (Lipinski definition) is 0. The number of amides is 1. The summed E-state index contributed by atoms with van der Waals surface area (Å²) < 4.78 is 5.25. The molecule has 0 saturated carbocycles. The van der Waals surface area contributed by atoms with Gasteiger partial charge in [-0.2, -0.15) is 4.98 Å². The maximum absolute atomic E-state index is 12.8. The molecule has 0 spiro atoms. The molecule has 3 rings (SSSR count). The summed E-state index contributed by atoms with van der Waals surface area (Å²) in [5.74, 6) is 1.48. The lowest BCUT2D eigenvalue weighted by Crippen LogP contribution is -2.26. The molecule has 0 aliphatic heterocycles. The van der Waals surface area contributed by atoms with Gasteiger partial charge in [-0.3, -0.25) is 9.78 Å². The Morgan fingerprint density at radius 1 is 1.26 bits per heavy atom. The summed E-state index contributed by atoms with van der Waals surface area (Å²) in [5.41, 5.74) is 3.75. The van der Waals surface area contributed by atoms with Crippen molar-refractivity contribution in [1.29, 1.82) is 0 Å². The van der Waals surface area contributed by atoms with Crippen LogP contribution in [0.3, 0.4) is 0 Å². The zero-order valence-electron chi connectivity index (χ0n) is 16.1. The van der Waals surface area contributed by atoms with Crippen LogP contribution in [0.2, 0.25) is 0 Å². The third-order valence-electron chi connectivity index (χ3n) is 4.26. The standard InChI is InChI=1S/C21H24N4O2/c1-14(2)10-20-23-19(24-27-20)13-25(4)21(26)17-7-5-6-16(11-17)18-8-9-22-12-15(18)3/h5-9,11-12,14H,10,13H2,1-4H3. The molecule has 27 heavy (non-hydrogen) atoms. The van der Waals surface area contributed by atoms with Crippen LogP contribution >= 0.6 is 0 Å². The van der Waals surface area contributed by atoms with Crippen LogP contribution in [0, 0.1) is 12.8 Å². The van der Waals surface area contributed by atoms with E-state index < -0.39 is 0 Å². The molecule has 0 bridgehead atoms. The van der Waals surface area contributed by atoms with Gasteiger partial charge in [-0.1, -0.05) is 31.1 Å². The molecule has 0 N–H and O–H groups in total. The van der Waals surface area contributed by atoms with Gasteiger partial charge in [-0.25, -0.2) is 0 Å². The third kappa shape index (κ3) is 4.58. The maximum atomic E-state index is 12.8. The molecule has 3 aromatic rings. The van der Waals surface area contributed by atoms with E-state index in [2.05, 4.69) is 29.0 Å². The average Bonchev–Trinajstić information content (AvgIpc) is 3.07. The van der Waals surface area contributed by atoms with Crippen molar-refractivity contribution >= 4 is 5.91 Å². The van der Waals surface area contributed by atoms with Gasteiger partial charge in [-0.15, -0.1) is 0 Å². The minimum absolute atomic E-state index is 0.0845. The second-order valence-corrected chi connectivity index (χ2v) is 7.13. The molecular formula is C21H24N4O2. The topological polar surface area (TPSA) is 72.1 Å². The van der Waals surface area contributed by atoms with Crippen molar-refractivity contribution < 1.29 is 9.32 Å². The normalized spacial score (nSPS) is 11.0. The SMILES string of the molecule is Cc1cnccc1-c1cccc(C(=O)N(C)Cc2noc(CC(C)C)n2)c1. The molecule has 0 fully saturated rings. The van der Waals surface area contributed by atoms with E-state index in [1.54, 1.807) is 18.1 Å². The Bertz CT molecular complexity index is 933. The van der Waals surface area contributed by atoms with Gasteiger partial charge in [0.1, 0.15) is 0 Å². The van der Waals surface area contributed by atoms with E-state index in [-0.39, 0.29) is 5.91 Å². The summed E-state index contributed by atoms with van der Waals surface area (Å²) in [6, 6.07) is 9.57. The summed E-state index contributed by atoms with van der Waals surface area (Å²) in [6.45, 7) is 6.50. The van der Waals surface area contributed by atoms with Crippen LogP contribution in [-0.2, 0) is 13.0 Å². The summed E-state index contributed by atoms with van der Waals surface area (Å²) in [5, 5.41) is 3.98. The second kappa shape index (κ2) is 8.12. The van der Waals surface area contributed by atoms with E-state index in [0.717, 1.165) is 23.1 Å². The van der Waals surface area contributed by atoms with Crippen LogP contribution in [0.25, 0.3) is 11.1 Å². The van der Waals surface area contributed by atoms with E-state index in [1.807, 2.05) is 43.5 Å². The quantitative estimate of drug-likeness (QED) is 0.663. The number of carbonyl (C=O) groups excluding carboxylic acids is 1. The molecule has 140 valence electrons. The number of pyridine rings is 1. The van der Waals surface area contributed by atoms with Gasteiger partial charge in [0.15, 0.2) is 5.82 Å². The highest BCUT2D eigenvalue weighted by atomic mass is 16.5. The zero-order chi connectivity index (χ0) is 19.4. The Morgan fingerprint density at radius 2 is 2.07 bits per heavy atom. The molecule has 1 aromatic carbocycles. The van der Waals surface area contributed by atoms with Crippen molar-refractivity contribution in [3.8, 4) is 11.1 Å². The monoisotopic (exact) mass is 364 g/mol.